The van der Waals surface area contributed by atoms with E-state index in [2.05, 4.69) is 11.6 Å². The second-order valence-electron chi connectivity index (χ2n) is 4.61. The average molecular weight is 277 g/mol. The molecule has 0 spiro atoms. The minimum Gasteiger partial charge on any atom is -0.508 e. The first-order valence-corrected chi connectivity index (χ1v) is 7.60. The van der Waals surface area contributed by atoms with E-state index in [0.717, 1.165) is 34.1 Å². The zero-order valence-corrected chi connectivity index (χ0v) is 12.3. The number of hydrogen-bond donors (Lipinski definition) is 2. The first-order valence-electron chi connectivity index (χ1n) is 6.20. The van der Waals surface area contributed by atoms with E-state index in [1.54, 1.807) is 17.8 Å². The van der Waals surface area contributed by atoms with Gasteiger partial charge in [-0.1, -0.05) is 0 Å². The van der Waals surface area contributed by atoms with Crippen molar-refractivity contribution in [2.75, 3.05) is 11.6 Å². The van der Waals surface area contributed by atoms with E-state index in [9.17, 15) is 5.11 Å². The summed E-state index contributed by atoms with van der Waals surface area (Å²) in [7, 11) is 0. The maximum absolute atomic E-state index is 9.62. The fourth-order valence-corrected chi connectivity index (χ4v) is 2.35. The predicted molar refractivity (Wildman–Crippen MR) is 80.8 cm³/mol. The van der Waals surface area contributed by atoms with E-state index in [1.165, 1.54) is 0 Å². The number of anilines is 1. The molecule has 2 rings (SSSR count). The SMILES string of the molecule is CSCc1ccc(CNc2cc(C)c(O)cc2C)o1. The number of benzene rings is 1. The molecule has 0 fully saturated rings. The van der Waals surface area contributed by atoms with E-state index in [1.807, 2.05) is 32.0 Å². The third kappa shape index (κ3) is 3.47. The molecule has 1 aromatic heterocycles. The monoisotopic (exact) mass is 277 g/mol. The number of furan rings is 1. The van der Waals surface area contributed by atoms with E-state index in [-0.39, 0.29) is 0 Å². The van der Waals surface area contributed by atoms with Crippen LogP contribution in [0.25, 0.3) is 0 Å². The molecule has 0 saturated heterocycles. The number of phenolic OH excluding ortho intramolecular Hbond substituents is 1. The molecule has 0 amide bonds. The zero-order valence-electron chi connectivity index (χ0n) is 11.5. The van der Waals surface area contributed by atoms with Gasteiger partial charge >= 0.3 is 0 Å². The molecule has 0 unspecified atom stereocenters. The van der Waals surface area contributed by atoms with E-state index < -0.39 is 0 Å². The van der Waals surface area contributed by atoms with Crippen molar-refractivity contribution in [3.05, 3.63) is 46.9 Å². The van der Waals surface area contributed by atoms with Crippen molar-refractivity contribution in [3.63, 3.8) is 0 Å². The molecule has 2 aromatic rings. The van der Waals surface area contributed by atoms with Crippen molar-refractivity contribution in [3.8, 4) is 5.75 Å². The van der Waals surface area contributed by atoms with Gasteiger partial charge < -0.3 is 14.8 Å². The van der Waals surface area contributed by atoms with Crippen LogP contribution in [0.4, 0.5) is 5.69 Å². The molecule has 19 heavy (non-hydrogen) atoms. The molecular formula is C15H19NO2S. The summed E-state index contributed by atoms with van der Waals surface area (Å²) in [6.45, 7) is 4.52. The quantitative estimate of drug-likeness (QED) is 0.808. The summed E-state index contributed by atoms with van der Waals surface area (Å²) < 4.78 is 5.71. The fraction of sp³-hybridized carbons (Fsp3) is 0.333. The topological polar surface area (TPSA) is 45.4 Å². The van der Waals surface area contributed by atoms with Crippen LogP contribution in [0.2, 0.25) is 0 Å². The Morgan fingerprint density at radius 3 is 2.63 bits per heavy atom. The molecule has 102 valence electrons. The Hall–Kier alpha value is -1.55. The van der Waals surface area contributed by atoms with E-state index in [4.69, 9.17) is 4.42 Å². The van der Waals surface area contributed by atoms with Crippen LogP contribution in [-0.2, 0) is 12.3 Å². The summed E-state index contributed by atoms with van der Waals surface area (Å²) in [6, 6.07) is 7.75. The molecule has 0 aliphatic carbocycles. The maximum Gasteiger partial charge on any atom is 0.123 e. The highest BCUT2D eigenvalue weighted by molar-refractivity contribution is 7.97. The molecule has 0 atom stereocenters. The molecule has 1 heterocycles. The summed E-state index contributed by atoms with van der Waals surface area (Å²) in [6.07, 6.45) is 2.06. The van der Waals surface area contributed by atoms with Crippen LogP contribution in [0.5, 0.6) is 5.75 Å². The summed E-state index contributed by atoms with van der Waals surface area (Å²) >= 11 is 1.75. The third-order valence-corrected chi connectivity index (χ3v) is 3.57. The molecule has 0 saturated carbocycles. The van der Waals surface area contributed by atoms with Crippen molar-refractivity contribution in [1.29, 1.82) is 0 Å². The molecule has 0 bridgehead atoms. The number of rotatable bonds is 5. The van der Waals surface area contributed by atoms with Gasteiger partial charge in [0.05, 0.1) is 12.3 Å². The van der Waals surface area contributed by atoms with Crippen LogP contribution < -0.4 is 5.32 Å². The fourth-order valence-electron chi connectivity index (χ4n) is 1.91. The van der Waals surface area contributed by atoms with Crippen molar-refractivity contribution >= 4 is 17.4 Å². The van der Waals surface area contributed by atoms with Gasteiger partial charge in [0, 0.05) is 5.69 Å². The number of aryl methyl sites for hydroxylation is 2. The molecule has 3 nitrogen and oxygen atoms in total. The number of hydrogen-bond acceptors (Lipinski definition) is 4. The molecule has 1 aromatic carbocycles. The molecule has 0 aliphatic rings. The molecule has 4 heteroatoms. The predicted octanol–water partition coefficient (Wildman–Crippen LogP) is 4.08. The van der Waals surface area contributed by atoms with Gasteiger partial charge in [0.2, 0.25) is 0 Å². The Morgan fingerprint density at radius 2 is 1.89 bits per heavy atom. The van der Waals surface area contributed by atoms with Crippen LogP contribution in [0.3, 0.4) is 0 Å². The van der Waals surface area contributed by atoms with Gasteiger partial charge in [-0.15, -0.1) is 0 Å². The van der Waals surface area contributed by atoms with Crippen LogP contribution >= 0.6 is 11.8 Å². The molecule has 2 N–H and O–H groups in total. The Balaban J connectivity index is 2.03. The van der Waals surface area contributed by atoms with Gasteiger partial charge in [0.15, 0.2) is 0 Å². The summed E-state index contributed by atoms with van der Waals surface area (Å²) in [4.78, 5) is 0. The lowest BCUT2D eigenvalue weighted by Crippen LogP contribution is -2.00. The van der Waals surface area contributed by atoms with Crippen molar-refractivity contribution in [1.82, 2.24) is 0 Å². The van der Waals surface area contributed by atoms with Crippen molar-refractivity contribution in [2.45, 2.75) is 26.1 Å². The second-order valence-corrected chi connectivity index (χ2v) is 5.47. The van der Waals surface area contributed by atoms with Gasteiger partial charge in [-0.05, 0) is 55.5 Å². The first kappa shape index (κ1) is 13.9. The summed E-state index contributed by atoms with van der Waals surface area (Å²) in [5.74, 6) is 3.16. The lowest BCUT2D eigenvalue weighted by atomic mass is 10.1. The number of phenols is 1. The second kappa shape index (κ2) is 6.06. The normalized spacial score (nSPS) is 10.7. The Morgan fingerprint density at radius 1 is 1.16 bits per heavy atom. The lowest BCUT2D eigenvalue weighted by Gasteiger charge is -2.10. The van der Waals surface area contributed by atoms with E-state index in [0.29, 0.717) is 12.3 Å². The lowest BCUT2D eigenvalue weighted by molar-refractivity contribution is 0.470. The minimum atomic E-state index is 0.336. The van der Waals surface area contributed by atoms with E-state index >= 15 is 0 Å². The number of thioether (sulfide) groups is 1. The van der Waals surface area contributed by atoms with Crippen LogP contribution in [0.1, 0.15) is 22.6 Å². The Kier molecular flexibility index (Phi) is 4.43. The van der Waals surface area contributed by atoms with Crippen LogP contribution in [-0.4, -0.2) is 11.4 Å². The number of nitrogens with one attached hydrogen (secondary N) is 1. The van der Waals surface area contributed by atoms with Gasteiger partial charge in [-0.3, -0.25) is 0 Å². The Labute approximate surface area is 118 Å². The standard InChI is InChI=1S/C15H19NO2S/c1-10-7-15(17)11(2)6-14(10)16-8-12-4-5-13(18-12)9-19-3/h4-7,16-17H,8-9H2,1-3H3. The molecule has 0 aliphatic heterocycles. The van der Waals surface area contributed by atoms with Crippen LogP contribution in [0.15, 0.2) is 28.7 Å². The maximum atomic E-state index is 9.62. The summed E-state index contributed by atoms with van der Waals surface area (Å²) in [5, 5.41) is 13.0. The molecule has 0 radical (unpaired) electrons. The van der Waals surface area contributed by atoms with Gasteiger partial charge in [0.25, 0.3) is 0 Å². The first-order chi connectivity index (χ1) is 9.10. The zero-order chi connectivity index (χ0) is 13.8. The smallest absolute Gasteiger partial charge is 0.123 e. The Bertz CT molecular complexity index is 563. The molecular weight excluding hydrogens is 258 g/mol. The van der Waals surface area contributed by atoms with Gasteiger partial charge in [-0.25, -0.2) is 0 Å². The van der Waals surface area contributed by atoms with Crippen molar-refractivity contribution in [2.24, 2.45) is 0 Å². The van der Waals surface area contributed by atoms with Crippen LogP contribution in [0, 0.1) is 13.8 Å². The number of aromatic hydroxyl groups is 1. The average Bonchev–Trinajstić information content (AvgIpc) is 2.80. The van der Waals surface area contributed by atoms with Gasteiger partial charge in [0.1, 0.15) is 17.3 Å². The summed E-state index contributed by atoms with van der Waals surface area (Å²) in [5.41, 5.74) is 2.92. The van der Waals surface area contributed by atoms with Crippen molar-refractivity contribution < 1.29 is 9.52 Å². The minimum absolute atomic E-state index is 0.336. The highest BCUT2D eigenvalue weighted by Crippen LogP contribution is 2.25. The van der Waals surface area contributed by atoms with Gasteiger partial charge in [-0.2, -0.15) is 11.8 Å². The largest absolute Gasteiger partial charge is 0.508 e. The third-order valence-electron chi connectivity index (χ3n) is 3.00. The highest BCUT2D eigenvalue weighted by Gasteiger charge is 2.05. The highest BCUT2D eigenvalue weighted by atomic mass is 32.2.